The van der Waals surface area contributed by atoms with Gasteiger partial charge in [0.1, 0.15) is 6.29 Å². The van der Waals surface area contributed by atoms with Gasteiger partial charge in [0.2, 0.25) is 11.9 Å². The van der Waals surface area contributed by atoms with Crippen molar-refractivity contribution in [3.8, 4) is 5.97 Å². The fourth-order valence-electron chi connectivity index (χ4n) is 5.17. The van der Waals surface area contributed by atoms with Gasteiger partial charge < -0.3 is 29.0 Å². The molecular formula is C29H42BN9O4. The molecule has 0 spiro atoms. The van der Waals surface area contributed by atoms with Crippen molar-refractivity contribution in [2.45, 2.75) is 32.4 Å². The van der Waals surface area contributed by atoms with Crippen LogP contribution in [0.1, 0.15) is 35.0 Å². The van der Waals surface area contributed by atoms with E-state index in [9.17, 15) is 9.59 Å². The van der Waals surface area contributed by atoms with Crippen molar-refractivity contribution in [2.75, 3.05) is 95.6 Å². The van der Waals surface area contributed by atoms with Crippen LogP contribution >= 0.6 is 0 Å². The normalized spacial score (nSPS) is 17.4. The fraction of sp³-hybridized carbons (Fsp3) is 0.621. The Kier molecular flexibility index (Phi) is 12.6. The third-order valence-electron chi connectivity index (χ3n) is 7.84. The minimum Gasteiger partial charge on any atom is -0.462 e. The number of hydrogen-bond acceptors (Lipinski definition) is 13. The molecular weight excluding hydrogens is 549 g/mol. The van der Waals surface area contributed by atoms with Gasteiger partial charge in [-0.2, -0.15) is 0 Å². The number of ether oxygens (including phenoxy) is 2. The Morgan fingerprint density at radius 3 is 2.35 bits per heavy atom. The van der Waals surface area contributed by atoms with Crippen LogP contribution in [-0.4, -0.2) is 134 Å². The molecule has 0 bridgehead atoms. The number of likely N-dealkylation sites (N-methyl/N-ethyl adjacent to an activating group) is 1. The van der Waals surface area contributed by atoms with Gasteiger partial charge in [-0.15, -0.1) is 0 Å². The Morgan fingerprint density at radius 2 is 1.67 bits per heavy atom. The molecule has 43 heavy (non-hydrogen) atoms. The number of aromatic nitrogens is 4. The van der Waals surface area contributed by atoms with Crippen LogP contribution in [-0.2, 0) is 27.0 Å². The predicted octanol–water partition coefficient (Wildman–Crippen LogP) is 0.805. The summed E-state index contributed by atoms with van der Waals surface area (Å²) < 4.78 is 10.3. The highest BCUT2D eigenvalue weighted by atomic mass is 16.5. The summed E-state index contributed by atoms with van der Waals surface area (Å²) in [5, 5.41) is 9.00. The molecule has 2 aromatic rings. The number of aldehydes is 1. The first-order valence-corrected chi connectivity index (χ1v) is 15.2. The summed E-state index contributed by atoms with van der Waals surface area (Å²) in [6.45, 7) is 11.8. The largest absolute Gasteiger partial charge is 0.462 e. The molecule has 0 saturated carbocycles. The molecule has 3 aliphatic heterocycles. The number of aryl methyl sites for hydroxylation is 1. The van der Waals surface area contributed by atoms with Crippen LogP contribution in [0, 0.1) is 11.2 Å². The lowest BCUT2D eigenvalue weighted by atomic mass is 9.43. The highest BCUT2D eigenvalue weighted by molar-refractivity contribution is 6.66. The summed E-state index contributed by atoms with van der Waals surface area (Å²) in [5.41, 5.74) is 2.68. The number of carbonyl (C=O) groups excluding carboxylic acids is 2. The monoisotopic (exact) mass is 591 g/mol. The molecule has 0 amide bonds. The van der Waals surface area contributed by atoms with E-state index >= 15 is 0 Å². The Hall–Kier alpha value is -3.67. The fourth-order valence-corrected chi connectivity index (χ4v) is 5.17. The van der Waals surface area contributed by atoms with Crippen LogP contribution in [0.2, 0.25) is 6.32 Å². The number of carbonyl (C=O) groups is 2. The van der Waals surface area contributed by atoms with Crippen LogP contribution in [0.3, 0.4) is 0 Å². The number of anilines is 2. The van der Waals surface area contributed by atoms with Crippen LogP contribution in [0.25, 0.3) is 0 Å². The molecule has 0 atom stereocenters. The van der Waals surface area contributed by atoms with Gasteiger partial charge in [0.05, 0.1) is 25.4 Å². The first-order valence-electron chi connectivity index (χ1n) is 15.2. The molecule has 5 heterocycles. The lowest BCUT2D eigenvalue weighted by Crippen LogP contribution is -2.47. The summed E-state index contributed by atoms with van der Waals surface area (Å²) in [4.78, 5) is 48.5. The standard InChI is InChI=1S/C16H24N4O4.C13H18BN5/c1-2-24-15(22)14-12-17-16(18-13-14)20-6-4-19(5-7-20)8-11-23-10-3-9-21;1-18-4-6-19(7-5-18)13-16-9-11-8-14(10-15)3-2-12(11)17-13/h9,12-13H,2-8,10-11H2,1H3;9H,2-8H2,1H3. The number of nitriles is 1. The zero-order valence-corrected chi connectivity index (χ0v) is 25.4. The molecule has 0 unspecified atom stereocenters. The first-order chi connectivity index (χ1) is 21.0. The van der Waals surface area contributed by atoms with E-state index in [4.69, 9.17) is 19.7 Å². The summed E-state index contributed by atoms with van der Waals surface area (Å²) in [6.07, 6.45) is 8.92. The zero-order valence-electron chi connectivity index (χ0n) is 25.4. The number of fused-ring (bicyclic) bond motifs is 1. The average Bonchev–Trinajstić information content (AvgIpc) is 3.05. The Labute approximate surface area is 254 Å². The van der Waals surface area contributed by atoms with Crippen LogP contribution in [0.5, 0.6) is 0 Å². The van der Waals surface area contributed by atoms with E-state index in [1.54, 1.807) is 6.92 Å². The van der Waals surface area contributed by atoms with E-state index in [1.807, 2.05) is 6.20 Å². The smallest absolute Gasteiger partial charge is 0.341 e. The van der Waals surface area contributed by atoms with Gasteiger partial charge in [-0.1, -0.05) is 6.32 Å². The van der Waals surface area contributed by atoms with E-state index in [0.717, 1.165) is 101 Å². The third kappa shape index (κ3) is 9.67. The molecule has 0 aliphatic carbocycles. The number of rotatable bonds is 10. The highest BCUT2D eigenvalue weighted by Crippen LogP contribution is 2.21. The average molecular weight is 592 g/mol. The molecule has 230 valence electrons. The van der Waals surface area contributed by atoms with Gasteiger partial charge in [-0.25, -0.2) is 30.0 Å². The zero-order chi connectivity index (χ0) is 30.4. The van der Waals surface area contributed by atoms with Crippen molar-refractivity contribution < 1.29 is 19.1 Å². The first kappa shape index (κ1) is 32.3. The van der Waals surface area contributed by atoms with Gasteiger partial charge in [0, 0.05) is 95.6 Å². The summed E-state index contributed by atoms with van der Waals surface area (Å²) in [5.74, 6) is 3.45. The predicted molar refractivity (Wildman–Crippen MR) is 163 cm³/mol. The maximum absolute atomic E-state index is 11.6. The Morgan fingerprint density at radius 1 is 1.00 bits per heavy atom. The van der Waals surface area contributed by atoms with Crippen molar-refractivity contribution in [2.24, 2.45) is 0 Å². The summed E-state index contributed by atoms with van der Waals surface area (Å²) >= 11 is 0. The molecule has 2 fully saturated rings. The molecule has 13 nitrogen and oxygen atoms in total. The van der Waals surface area contributed by atoms with Crippen molar-refractivity contribution in [3.63, 3.8) is 0 Å². The maximum atomic E-state index is 11.6. The van der Waals surface area contributed by atoms with Crippen molar-refractivity contribution in [1.82, 2.24) is 29.7 Å². The maximum Gasteiger partial charge on any atom is 0.341 e. The molecule has 3 aliphatic rings. The molecule has 0 N–H and O–H groups in total. The topological polar surface area (TPSA) is 141 Å². The van der Waals surface area contributed by atoms with Crippen LogP contribution in [0.4, 0.5) is 11.9 Å². The molecule has 14 heteroatoms. The van der Waals surface area contributed by atoms with E-state index < -0.39 is 5.97 Å². The van der Waals surface area contributed by atoms with E-state index in [-0.39, 0.29) is 6.71 Å². The minimum atomic E-state index is -0.400. The van der Waals surface area contributed by atoms with Gasteiger partial charge in [-0.3, -0.25) is 4.90 Å². The van der Waals surface area contributed by atoms with Crippen LogP contribution < -0.4 is 9.80 Å². The molecule has 0 aromatic carbocycles. The SMILES string of the molecule is CCOC(=O)c1cnc(N2CCN(CCOCCC=O)CC2)nc1.CN1CCN(c2ncc3c(n2)CCB(C#N)C3)CC1. The Bertz CT molecular complexity index is 1210. The van der Waals surface area contributed by atoms with Gasteiger partial charge in [0.25, 0.3) is 6.71 Å². The highest BCUT2D eigenvalue weighted by Gasteiger charge is 2.25. The van der Waals surface area contributed by atoms with E-state index in [0.29, 0.717) is 37.8 Å². The van der Waals surface area contributed by atoms with Crippen LogP contribution in [0.15, 0.2) is 18.6 Å². The van der Waals surface area contributed by atoms with Crippen molar-refractivity contribution >= 4 is 30.9 Å². The number of esters is 1. The minimum absolute atomic E-state index is 0.144. The quantitative estimate of drug-likeness (QED) is 0.167. The van der Waals surface area contributed by atoms with Gasteiger partial charge in [0.15, 0.2) is 0 Å². The number of nitrogens with zero attached hydrogens (tertiary/aromatic N) is 9. The van der Waals surface area contributed by atoms with E-state index in [1.165, 1.54) is 12.4 Å². The molecule has 2 saturated heterocycles. The van der Waals surface area contributed by atoms with Gasteiger partial charge in [-0.05, 0) is 32.3 Å². The molecule has 5 rings (SSSR count). The van der Waals surface area contributed by atoms with Gasteiger partial charge >= 0.3 is 5.97 Å². The Balaban J connectivity index is 0.000000202. The second kappa shape index (κ2) is 16.8. The second-order valence-electron chi connectivity index (χ2n) is 10.9. The van der Waals surface area contributed by atoms with E-state index in [2.05, 4.69) is 47.6 Å². The molecule has 2 aromatic heterocycles. The van der Waals surface area contributed by atoms with Crippen molar-refractivity contribution in [1.29, 1.82) is 5.26 Å². The molecule has 0 radical (unpaired) electrons. The lowest BCUT2D eigenvalue weighted by Gasteiger charge is -2.34. The summed E-state index contributed by atoms with van der Waals surface area (Å²) in [6, 6.07) is 0. The second-order valence-corrected chi connectivity index (χ2v) is 10.9. The lowest BCUT2D eigenvalue weighted by molar-refractivity contribution is -0.108. The van der Waals surface area contributed by atoms with Crippen molar-refractivity contribution in [3.05, 3.63) is 35.4 Å². The number of hydrogen-bond donors (Lipinski definition) is 0. The summed E-state index contributed by atoms with van der Waals surface area (Å²) in [7, 11) is 2.15. The number of piperazine rings is 2. The third-order valence-corrected chi connectivity index (χ3v) is 7.84.